The fourth-order valence-corrected chi connectivity index (χ4v) is 2.61. The molecule has 0 spiro atoms. The van der Waals surface area contributed by atoms with E-state index in [9.17, 15) is 14.5 Å². The molecule has 0 aliphatic heterocycles. The molecule has 0 amide bonds. The first-order valence-corrected chi connectivity index (χ1v) is 6.71. The molecule has 0 saturated heterocycles. The summed E-state index contributed by atoms with van der Waals surface area (Å²) in [5.74, 6) is -0.179. The third-order valence-electron chi connectivity index (χ3n) is 2.53. The van der Waals surface area contributed by atoms with Crippen molar-refractivity contribution in [3.05, 3.63) is 42.5 Å². The lowest BCUT2D eigenvalue weighted by Gasteiger charge is -2.13. The molecule has 2 atom stereocenters. The van der Waals surface area contributed by atoms with E-state index in [1.807, 2.05) is 0 Å². The smallest absolute Gasteiger partial charge is 0.351 e. The molecular formula is C12H13N3O3S. The molecule has 0 radical (unpaired) electrons. The SMILES string of the molecule is N[C@@H](Cc1c[nH]cn1)C(=O)[S+]([O-])c1ccccc1O. The van der Waals surface area contributed by atoms with Crippen molar-refractivity contribution in [1.82, 2.24) is 9.97 Å². The number of hydrogen-bond acceptors (Lipinski definition) is 5. The number of para-hydroxylation sites is 1. The van der Waals surface area contributed by atoms with Crippen molar-refractivity contribution in [3.63, 3.8) is 0 Å². The highest BCUT2D eigenvalue weighted by atomic mass is 32.2. The number of rotatable bonds is 4. The molecule has 0 aliphatic rings. The Balaban J connectivity index is 2.09. The van der Waals surface area contributed by atoms with E-state index < -0.39 is 22.3 Å². The highest BCUT2D eigenvalue weighted by molar-refractivity contribution is 8.06. The number of hydrogen-bond donors (Lipinski definition) is 3. The highest BCUT2D eigenvalue weighted by Crippen LogP contribution is 2.23. The first-order valence-electron chi connectivity index (χ1n) is 5.56. The van der Waals surface area contributed by atoms with Crippen molar-refractivity contribution in [1.29, 1.82) is 0 Å². The van der Waals surface area contributed by atoms with Crippen LogP contribution in [0.1, 0.15) is 5.69 Å². The van der Waals surface area contributed by atoms with E-state index in [-0.39, 0.29) is 17.1 Å². The van der Waals surface area contributed by atoms with Crippen LogP contribution in [0.15, 0.2) is 41.7 Å². The van der Waals surface area contributed by atoms with Crippen LogP contribution in [0.3, 0.4) is 0 Å². The number of nitrogens with two attached hydrogens (primary N) is 1. The van der Waals surface area contributed by atoms with Gasteiger partial charge in [0.2, 0.25) is 4.90 Å². The minimum Gasteiger partial charge on any atom is -0.604 e. The number of benzene rings is 1. The number of imidazole rings is 1. The monoisotopic (exact) mass is 279 g/mol. The summed E-state index contributed by atoms with van der Waals surface area (Å²) in [6.45, 7) is 0. The van der Waals surface area contributed by atoms with Crippen LogP contribution in [0.5, 0.6) is 5.75 Å². The predicted octanol–water partition coefficient (Wildman–Crippen LogP) is 0.319. The second-order valence-corrected chi connectivity index (χ2v) is 5.31. The van der Waals surface area contributed by atoms with E-state index >= 15 is 0 Å². The fourth-order valence-electron chi connectivity index (χ4n) is 1.57. The molecule has 7 heteroatoms. The molecule has 0 fully saturated rings. The van der Waals surface area contributed by atoms with E-state index in [2.05, 4.69) is 9.97 Å². The number of carbonyl (C=O) groups excluding carboxylic acids is 1. The summed E-state index contributed by atoms with van der Waals surface area (Å²) in [5.41, 5.74) is 6.34. The lowest BCUT2D eigenvalue weighted by molar-refractivity contribution is -0.112. The van der Waals surface area contributed by atoms with Crippen molar-refractivity contribution in [2.24, 2.45) is 5.73 Å². The average Bonchev–Trinajstić information content (AvgIpc) is 2.90. The fraction of sp³-hybridized carbons (Fsp3) is 0.167. The molecule has 0 saturated carbocycles. The second kappa shape index (κ2) is 5.87. The quantitative estimate of drug-likeness (QED) is 0.697. The van der Waals surface area contributed by atoms with Gasteiger partial charge in [-0.2, -0.15) is 0 Å². The van der Waals surface area contributed by atoms with Crippen LogP contribution in [-0.4, -0.2) is 30.8 Å². The maximum atomic E-state index is 12.0. The minimum atomic E-state index is -1.98. The summed E-state index contributed by atoms with van der Waals surface area (Å²) in [6.07, 6.45) is 3.30. The number of phenols is 1. The summed E-state index contributed by atoms with van der Waals surface area (Å²) in [7, 11) is 0. The van der Waals surface area contributed by atoms with Crippen LogP contribution < -0.4 is 5.73 Å². The minimum absolute atomic E-state index is 0.0741. The van der Waals surface area contributed by atoms with Crippen LogP contribution in [0, 0.1) is 0 Å². The van der Waals surface area contributed by atoms with Gasteiger partial charge in [-0.25, -0.2) is 9.78 Å². The van der Waals surface area contributed by atoms with E-state index in [1.54, 1.807) is 18.3 Å². The van der Waals surface area contributed by atoms with Gasteiger partial charge >= 0.3 is 5.12 Å². The summed E-state index contributed by atoms with van der Waals surface area (Å²) in [6, 6.07) is 5.07. The van der Waals surface area contributed by atoms with Crippen molar-refractivity contribution in [2.45, 2.75) is 17.4 Å². The van der Waals surface area contributed by atoms with Gasteiger partial charge in [-0.15, -0.1) is 0 Å². The van der Waals surface area contributed by atoms with Gasteiger partial charge in [-0.3, -0.25) is 0 Å². The topological polar surface area (TPSA) is 115 Å². The molecule has 1 heterocycles. The summed E-state index contributed by atoms with van der Waals surface area (Å²) < 4.78 is 12.0. The van der Waals surface area contributed by atoms with Crippen molar-refractivity contribution in [3.8, 4) is 5.75 Å². The molecule has 19 heavy (non-hydrogen) atoms. The van der Waals surface area contributed by atoms with E-state index in [0.717, 1.165) is 0 Å². The molecule has 100 valence electrons. The Morgan fingerprint density at radius 3 is 2.89 bits per heavy atom. The number of phenolic OH excluding ortho intramolecular Hbond substituents is 1. The van der Waals surface area contributed by atoms with Crippen LogP contribution in [0.2, 0.25) is 0 Å². The first-order chi connectivity index (χ1) is 9.09. The maximum Gasteiger partial charge on any atom is 0.351 e. The Kier molecular flexibility index (Phi) is 4.20. The second-order valence-electron chi connectivity index (χ2n) is 3.93. The number of nitrogens with one attached hydrogen (secondary N) is 1. The molecule has 0 bridgehead atoms. The van der Waals surface area contributed by atoms with Crippen molar-refractivity contribution in [2.75, 3.05) is 0 Å². The number of aromatic nitrogens is 2. The average molecular weight is 279 g/mol. The maximum absolute atomic E-state index is 12.0. The summed E-state index contributed by atoms with van der Waals surface area (Å²) in [4.78, 5) is 18.7. The lowest BCUT2D eigenvalue weighted by atomic mass is 10.2. The van der Waals surface area contributed by atoms with Gasteiger partial charge < -0.3 is 20.4 Å². The van der Waals surface area contributed by atoms with Gasteiger partial charge in [0.25, 0.3) is 0 Å². The molecule has 4 N–H and O–H groups in total. The summed E-state index contributed by atoms with van der Waals surface area (Å²) in [5, 5.41) is 8.93. The predicted molar refractivity (Wildman–Crippen MR) is 69.8 cm³/mol. The standard InChI is InChI=1S/C12H13N3O3S/c13-9(5-8-6-14-7-15-8)12(17)19(18)11-4-2-1-3-10(11)16/h1-4,6-7,9,16H,5,13H2,(H,14,15)/t9-,19?/m0/s1. The first kappa shape index (κ1) is 13.6. The molecule has 1 unspecified atom stereocenters. The molecular weight excluding hydrogens is 266 g/mol. The molecule has 1 aromatic heterocycles. The van der Waals surface area contributed by atoms with Crippen LogP contribution in [-0.2, 0) is 22.4 Å². The Bertz CT molecular complexity index is 559. The van der Waals surface area contributed by atoms with Gasteiger partial charge in [0.1, 0.15) is 6.04 Å². The lowest BCUT2D eigenvalue weighted by Crippen LogP contribution is -2.37. The Morgan fingerprint density at radius 1 is 1.53 bits per heavy atom. The van der Waals surface area contributed by atoms with E-state index in [0.29, 0.717) is 5.69 Å². The molecule has 6 nitrogen and oxygen atoms in total. The number of aromatic hydroxyl groups is 1. The van der Waals surface area contributed by atoms with Crippen molar-refractivity contribution >= 4 is 16.3 Å². The Labute approximate surface area is 112 Å². The van der Waals surface area contributed by atoms with Gasteiger partial charge in [-0.05, 0) is 12.1 Å². The van der Waals surface area contributed by atoms with Gasteiger partial charge in [0.05, 0.1) is 23.2 Å². The molecule has 1 aromatic carbocycles. The van der Waals surface area contributed by atoms with E-state index in [4.69, 9.17) is 5.73 Å². The zero-order valence-corrected chi connectivity index (χ0v) is 10.8. The molecule has 2 rings (SSSR count). The third-order valence-corrected chi connectivity index (χ3v) is 3.95. The number of carbonyl (C=O) groups is 1. The largest absolute Gasteiger partial charge is 0.604 e. The van der Waals surface area contributed by atoms with Gasteiger partial charge in [-0.1, -0.05) is 12.1 Å². The van der Waals surface area contributed by atoms with Crippen LogP contribution in [0.4, 0.5) is 0 Å². The van der Waals surface area contributed by atoms with Crippen LogP contribution in [0.25, 0.3) is 0 Å². The zero-order chi connectivity index (χ0) is 13.8. The Hall–Kier alpha value is -1.83. The van der Waals surface area contributed by atoms with Crippen LogP contribution >= 0.6 is 0 Å². The third kappa shape index (κ3) is 3.14. The Morgan fingerprint density at radius 2 is 2.26 bits per heavy atom. The number of aromatic amines is 1. The molecule has 2 aromatic rings. The highest BCUT2D eigenvalue weighted by Gasteiger charge is 2.31. The number of H-pyrrole nitrogens is 1. The van der Waals surface area contributed by atoms with E-state index in [1.165, 1.54) is 18.5 Å². The normalized spacial score (nSPS) is 14.0. The van der Waals surface area contributed by atoms with Gasteiger partial charge in [0, 0.05) is 12.6 Å². The molecule has 0 aliphatic carbocycles. The summed E-state index contributed by atoms with van der Waals surface area (Å²) >= 11 is -1.98. The van der Waals surface area contributed by atoms with Gasteiger partial charge in [0.15, 0.2) is 5.75 Å². The van der Waals surface area contributed by atoms with Crippen molar-refractivity contribution < 1.29 is 14.5 Å². The number of nitrogens with zero attached hydrogens (tertiary/aromatic N) is 1. The zero-order valence-electron chi connectivity index (χ0n) is 9.95.